The third kappa shape index (κ3) is 2.77. The highest BCUT2D eigenvalue weighted by Gasteiger charge is 2.37. The van der Waals surface area contributed by atoms with E-state index in [0.717, 1.165) is 6.42 Å². The smallest absolute Gasteiger partial charge is 0.246 e. The summed E-state index contributed by atoms with van der Waals surface area (Å²) >= 11 is 3.16. The molecule has 1 aliphatic heterocycles. The van der Waals surface area contributed by atoms with Crippen molar-refractivity contribution >= 4 is 26.0 Å². The van der Waals surface area contributed by atoms with Gasteiger partial charge in [0.05, 0.1) is 6.61 Å². The van der Waals surface area contributed by atoms with Crippen molar-refractivity contribution in [1.82, 2.24) is 4.31 Å². The molecule has 0 aromatic heterocycles. The first kappa shape index (κ1) is 15.9. The van der Waals surface area contributed by atoms with Gasteiger partial charge in [0.15, 0.2) is 0 Å². The molecule has 2 unspecified atom stereocenters. The van der Waals surface area contributed by atoms with Crippen LogP contribution in [-0.2, 0) is 16.6 Å². The van der Waals surface area contributed by atoms with Crippen LogP contribution in [-0.4, -0.2) is 30.4 Å². The first-order valence-corrected chi connectivity index (χ1v) is 8.61. The van der Waals surface area contributed by atoms with Gasteiger partial charge in [0.2, 0.25) is 10.0 Å². The van der Waals surface area contributed by atoms with E-state index in [0.29, 0.717) is 11.0 Å². The molecule has 2 atom stereocenters. The number of aliphatic hydroxyl groups excluding tert-OH is 1. The van der Waals surface area contributed by atoms with Gasteiger partial charge < -0.3 is 5.11 Å². The van der Waals surface area contributed by atoms with Crippen molar-refractivity contribution in [1.29, 1.82) is 0 Å². The quantitative estimate of drug-likeness (QED) is 0.894. The fraction of sp³-hybridized carbons (Fsp3) is 0.538. The number of hydrogen-bond donors (Lipinski definition) is 1. The maximum Gasteiger partial charge on any atom is 0.246 e. The molecule has 1 N–H and O–H groups in total. The lowest BCUT2D eigenvalue weighted by atomic mass is 10.1. The zero-order chi connectivity index (χ0) is 15.1. The van der Waals surface area contributed by atoms with Gasteiger partial charge in [-0.2, -0.15) is 4.31 Å². The molecule has 0 radical (unpaired) electrons. The molecular formula is C13H17BrFNO3S. The zero-order valence-corrected chi connectivity index (χ0v) is 13.7. The Kier molecular flexibility index (Phi) is 4.53. The van der Waals surface area contributed by atoms with E-state index in [1.165, 1.54) is 16.4 Å². The molecule has 1 aliphatic rings. The number of aliphatic hydroxyl groups is 1. The maximum absolute atomic E-state index is 14.2. The van der Waals surface area contributed by atoms with Crippen LogP contribution < -0.4 is 0 Å². The van der Waals surface area contributed by atoms with Crippen LogP contribution in [0.3, 0.4) is 0 Å². The highest BCUT2D eigenvalue weighted by molar-refractivity contribution is 9.10. The predicted octanol–water partition coefficient (Wildman–Crippen LogP) is 2.50. The summed E-state index contributed by atoms with van der Waals surface area (Å²) in [7, 11) is -3.89. The fourth-order valence-corrected chi connectivity index (χ4v) is 5.20. The van der Waals surface area contributed by atoms with Crippen LogP contribution in [0, 0.1) is 11.7 Å². The first-order valence-electron chi connectivity index (χ1n) is 6.38. The van der Waals surface area contributed by atoms with Gasteiger partial charge >= 0.3 is 0 Å². The number of nitrogens with zero attached hydrogens (tertiary/aromatic N) is 1. The van der Waals surface area contributed by atoms with Crippen molar-refractivity contribution in [3.05, 3.63) is 28.0 Å². The summed E-state index contributed by atoms with van der Waals surface area (Å²) in [4.78, 5) is -0.378. The number of rotatable bonds is 3. The van der Waals surface area contributed by atoms with E-state index in [2.05, 4.69) is 15.9 Å². The Hall–Kier alpha value is -0.500. The van der Waals surface area contributed by atoms with E-state index in [-0.39, 0.29) is 22.4 Å². The van der Waals surface area contributed by atoms with E-state index in [4.69, 9.17) is 5.11 Å². The maximum atomic E-state index is 14.2. The largest absolute Gasteiger partial charge is 0.392 e. The summed E-state index contributed by atoms with van der Waals surface area (Å²) in [6.45, 7) is 3.65. The van der Waals surface area contributed by atoms with Crippen molar-refractivity contribution in [3.63, 3.8) is 0 Å². The van der Waals surface area contributed by atoms with Crippen molar-refractivity contribution in [2.24, 2.45) is 5.92 Å². The average molecular weight is 366 g/mol. The molecule has 0 spiro atoms. The molecule has 1 heterocycles. The van der Waals surface area contributed by atoms with Gasteiger partial charge in [-0.1, -0.05) is 22.9 Å². The minimum atomic E-state index is -3.89. The van der Waals surface area contributed by atoms with E-state index in [9.17, 15) is 12.8 Å². The van der Waals surface area contributed by atoms with Crippen molar-refractivity contribution in [2.45, 2.75) is 37.8 Å². The van der Waals surface area contributed by atoms with E-state index >= 15 is 0 Å². The molecule has 0 bridgehead atoms. The van der Waals surface area contributed by atoms with Crippen molar-refractivity contribution in [3.8, 4) is 0 Å². The molecule has 1 fully saturated rings. The fourth-order valence-electron chi connectivity index (χ4n) is 2.64. The second kappa shape index (κ2) is 5.71. The molecule has 4 nitrogen and oxygen atoms in total. The molecular weight excluding hydrogens is 349 g/mol. The minimum Gasteiger partial charge on any atom is -0.392 e. The summed E-state index contributed by atoms with van der Waals surface area (Å²) in [5, 5.41) is 9.12. The van der Waals surface area contributed by atoms with Crippen LogP contribution in [0.5, 0.6) is 0 Å². The molecule has 2 rings (SSSR count). The Balaban J connectivity index is 2.52. The Morgan fingerprint density at radius 3 is 2.60 bits per heavy atom. The molecule has 112 valence electrons. The van der Waals surface area contributed by atoms with Gasteiger partial charge in [0, 0.05) is 22.6 Å². The first-order chi connectivity index (χ1) is 9.27. The number of hydrogen-bond acceptors (Lipinski definition) is 3. The van der Waals surface area contributed by atoms with E-state index in [1.54, 1.807) is 0 Å². The summed E-state index contributed by atoms with van der Waals surface area (Å²) < 4.78 is 41.2. The average Bonchev–Trinajstić information content (AvgIpc) is 2.71. The Morgan fingerprint density at radius 2 is 2.10 bits per heavy atom. The summed E-state index contributed by atoms with van der Waals surface area (Å²) in [6.07, 6.45) is 0.766. The molecule has 1 aromatic carbocycles. The third-order valence-electron chi connectivity index (χ3n) is 3.56. The number of sulfonamides is 1. The lowest BCUT2D eigenvalue weighted by Gasteiger charge is -2.22. The van der Waals surface area contributed by atoms with E-state index < -0.39 is 22.4 Å². The van der Waals surface area contributed by atoms with Gasteiger partial charge in [-0.15, -0.1) is 0 Å². The lowest BCUT2D eigenvalue weighted by molar-refractivity contribution is 0.274. The van der Waals surface area contributed by atoms with Gasteiger partial charge in [0.1, 0.15) is 10.7 Å². The van der Waals surface area contributed by atoms with Crippen LogP contribution in [0.2, 0.25) is 0 Å². The highest BCUT2D eigenvalue weighted by atomic mass is 79.9. The predicted molar refractivity (Wildman–Crippen MR) is 77.2 cm³/mol. The highest BCUT2D eigenvalue weighted by Crippen LogP contribution is 2.32. The molecule has 0 amide bonds. The monoisotopic (exact) mass is 365 g/mol. The topological polar surface area (TPSA) is 57.6 Å². The molecule has 7 heteroatoms. The molecule has 20 heavy (non-hydrogen) atoms. The molecule has 1 aromatic rings. The standard InChI is InChI=1S/C13H17BrFNO3S/c1-8-3-9(2)16(6-8)20(18,19)12-5-11(14)4-10(7-17)13(12)15/h4-5,8-9,17H,3,6-7H2,1-2H3. The number of benzene rings is 1. The lowest BCUT2D eigenvalue weighted by Crippen LogP contribution is -2.34. The second-order valence-electron chi connectivity index (χ2n) is 5.30. The zero-order valence-electron chi connectivity index (χ0n) is 11.3. The number of halogens is 2. The Bertz CT molecular complexity index is 620. The third-order valence-corrected chi connectivity index (χ3v) is 6.00. The summed E-state index contributed by atoms with van der Waals surface area (Å²) in [5.41, 5.74) is -0.0298. The van der Waals surface area contributed by atoms with Gasteiger partial charge in [-0.25, -0.2) is 12.8 Å². The van der Waals surface area contributed by atoms with Crippen LogP contribution in [0.15, 0.2) is 21.5 Å². The van der Waals surface area contributed by atoms with E-state index in [1.807, 2.05) is 13.8 Å². The summed E-state index contributed by atoms with van der Waals surface area (Å²) in [6, 6.07) is 2.48. The van der Waals surface area contributed by atoms with Crippen molar-refractivity contribution in [2.75, 3.05) is 6.54 Å². The van der Waals surface area contributed by atoms with Gasteiger partial charge in [-0.3, -0.25) is 0 Å². The molecule has 0 aliphatic carbocycles. The van der Waals surface area contributed by atoms with Crippen LogP contribution in [0.4, 0.5) is 4.39 Å². The minimum absolute atomic E-state index is 0.0298. The molecule has 0 saturated carbocycles. The second-order valence-corrected chi connectivity index (χ2v) is 8.07. The SMILES string of the molecule is CC1CC(C)N(S(=O)(=O)c2cc(Br)cc(CO)c2F)C1. The summed E-state index contributed by atoms with van der Waals surface area (Å²) in [5.74, 6) is -0.616. The normalized spacial score (nSPS) is 24.2. The van der Waals surface area contributed by atoms with Gasteiger partial charge in [-0.05, 0) is 31.4 Å². The van der Waals surface area contributed by atoms with Crippen LogP contribution >= 0.6 is 15.9 Å². The van der Waals surface area contributed by atoms with Gasteiger partial charge in [0.25, 0.3) is 0 Å². The van der Waals surface area contributed by atoms with Crippen LogP contribution in [0.25, 0.3) is 0 Å². The Morgan fingerprint density at radius 1 is 1.45 bits per heavy atom. The van der Waals surface area contributed by atoms with Crippen molar-refractivity contribution < 1.29 is 17.9 Å². The Labute approximate surface area is 126 Å². The molecule has 1 saturated heterocycles. The van der Waals surface area contributed by atoms with Crippen LogP contribution in [0.1, 0.15) is 25.8 Å².